The van der Waals surface area contributed by atoms with E-state index in [0.29, 0.717) is 22.8 Å². The summed E-state index contributed by atoms with van der Waals surface area (Å²) in [5.41, 5.74) is 1.99. The minimum absolute atomic E-state index is 0.0189. The van der Waals surface area contributed by atoms with Gasteiger partial charge in [-0.3, -0.25) is 14.5 Å². The van der Waals surface area contributed by atoms with Crippen LogP contribution in [0.2, 0.25) is 0 Å². The summed E-state index contributed by atoms with van der Waals surface area (Å²) >= 11 is 2.86. The molecule has 40 heavy (non-hydrogen) atoms. The third-order valence-electron chi connectivity index (χ3n) is 6.28. The second-order valence-corrected chi connectivity index (χ2v) is 11.2. The number of aromatic amines is 1. The smallest absolute Gasteiger partial charge is 0.356 e. The lowest BCUT2D eigenvalue weighted by Crippen LogP contribution is -2.70. The van der Waals surface area contributed by atoms with E-state index >= 15 is 0 Å². The Labute approximate surface area is 239 Å². The number of methoxy groups -OCH3 is 1. The first-order chi connectivity index (χ1) is 19.5. The number of benzene rings is 2. The van der Waals surface area contributed by atoms with Crippen molar-refractivity contribution in [2.24, 2.45) is 0 Å². The summed E-state index contributed by atoms with van der Waals surface area (Å²) in [7, 11) is 1.57. The van der Waals surface area contributed by atoms with Gasteiger partial charge in [-0.2, -0.15) is 5.26 Å². The second kappa shape index (κ2) is 12.3. The molecule has 10 nitrogen and oxygen atoms in total. The molecule has 2 aliphatic rings. The van der Waals surface area contributed by atoms with Gasteiger partial charge in [0.2, 0.25) is 5.91 Å². The Morgan fingerprint density at radius 2 is 2.08 bits per heavy atom. The van der Waals surface area contributed by atoms with Gasteiger partial charge in [0.15, 0.2) is 0 Å². The number of ether oxygens (including phenoxy) is 2. The first-order valence-corrected chi connectivity index (χ1v) is 14.2. The zero-order valence-corrected chi connectivity index (χ0v) is 23.1. The van der Waals surface area contributed by atoms with E-state index in [1.807, 2.05) is 24.3 Å². The lowest BCUT2D eigenvalue weighted by molar-refractivity contribution is -0.153. The zero-order valence-electron chi connectivity index (χ0n) is 21.5. The van der Waals surface area contributed by atoms with Crippen LogP contribution in [0, 0.1) is 11.3 Å². The molecule has 0 aliphatic carbocycles. The third kappa shape index (κ3) is 6.00. The molecule has 1 aromatic heterocycles. The molecule has 0 spiro atoms. The van der Waals surface area contributed by atoms with Crippen molar-refractivity contribution in [3.8, 4) is 11.8 Å². The number of nitrogens with one attached hydrogen (secondary N) is 2. The van der Waals surface area contributed by atoms with Gasteiger partial charge in [-0.1, -0.05) is 36.0 Å². The van der Waals surface area contributed by atoms with Gasteiger partial charge in [0, 0.05) is 34.4 Å². The summed E-state index contributed by atoms with van der Waals surface area (Å²) < 4.78 is 10.8. The van der Waals surface area contributed by atoms with Gasteiger partial charge < -0.3 is 19.8 Å². The van der Waals surface area contributed by atoms with E-state index in [2.05, 4.69) is 15.3 Å². The molecule has 2 aromatic carbocycles. The SMILES string of the molecule is COc1ccc(COC(=O)C2=C(Sc3cccc(Cc4ncc[nH]4)c3)CS[C@@H]3[C@H](NC(=O)CC#N)C(=O)N23)cc1. The molecule has 3 heterocycles. The van der Waals surface area contributed by atoms with Crippen LogP contribution in [0.5, 0.6) is 5.75 Å². The fourth-order valence-electron chi connectivity index (χ4n) is 4.34. The van der Waals surface area contributed by atoms with Crippen LogP contribution in [0.25, 0.3) is 0 Å². The quantitative estimate of drug-likeness (QED) is 0.275. The highest BCUT2D eigenvalue weighted by Gasteiger charge is 2.54. The van der Waals surface area contributed by atoms with Crippen molar-refractivity contribution in [1.29, 1.82) is 5.26 Å². The molecule has 5 rings (SSSR count). The van der Waals surface area contributed by atoms with Crippen molar-refractivity contribution < 1.29 is 23.9 Å². The van der Waals surface area contributed by atoms with Crippen LogP contribution in [0.4, 0.5) is 0 Å². The van der Waals surface area contributed by atoms with Crippen LogP contribution in [0.3, 0.4) is 0 Å². The minimum atomic E-state index is -0.807. The van der Waals surface area contributed by atoms with Gasteiger partial charge in [-0.25, -0.2) is 9.78 Å². The van der Waals surface area contributed by atoms with Crippen LogP contribution in [-0.4, -0.2) is 56.9 Å². The van der Waals surface area contributed by atoms with Crippen LogP contribution in [-0.2, 0) is 32.1 Å². The number of fused-ring (bicyclic) bond motifs is 1. The number of β-lactam (4-membered cyclic amide) rings is 1. The second-order valence-electron chi connectivity index (χ2n) is 8.95. The van der Waals surface area contributed by atoms with Gasteiger partial charge in [0.05, 0.1) is 13.2 Å². The fourth-order valence-corrected chi connectivity index (χ4v) is 6.90. The number of hydrogen-bond acceptors (Lipinski definition) is 9. The van der Waals surface area contributed by atoms with Crippen LogP contribution >= 0.6 is 23.5 Å². The standard InChI is InChI=1S/C28H25N5O5S2/c1-37-19-7-5-17(6-8-19)15-38-28(36)25-21(16-39-27-24(26(35)33(25)27)32-23(34)9-10-29)40-20-4-2-3-18(13-20)14-22-30-11-12-31-22/h2-8,11-13,24,27H,9,14-16H2,1H3,(H,30,31)(H,32,34)/t24-,27-/m1/s1. The molecule has 204 valence electrons. The number of rotatable bonds is 10. The Morgan fingerprint density at radius 1 is 1.25 bits per heavy atom. The van der Waals surface area contributed by atoms with Gasteiger partial charge in [0.1, 0.15) is 41.7 Å². The fraction of sp³-hybridized carbons (Fsp3) is 0.250. The highest BCUT2D eigenvalue weighted by molar-refractivity contribution is 8.06. The Hall–Kier alpha value is -4.21. The number of imidazole rings is 1. The first-order valence-electron chi connectivity index (χ1n) is 12.4. The number of esters is 1. The van der Waals surface area contributed by atoms with Crippen molar-refractivity contribution in [2.45, 2.75) is 35.8 Å². The predicted octanol–water partition coefficient (Wildman–Crippen LogP) is 3.37. The van der Waals surface area contributed by atoms with Crippen LogP contribution in [0.15, 0.2) is 76.4 Å². The molecule has 2 amide bonds. The molecular weight excluding hydrogens is 550 g/mol. The maximum absolute atomic E-state index is 13.5. The Balaban J connectivity index is 1.38. The average molecular weight is 576 g/mol. The lowest BCUT2D eigenvalue weighted by Gasteiger charge is -2.49. The Bertz CT molecular complexity index is 1480. The molecule has 1 fully saturated rings. The lowest BCUT2D eigenvalue weighted by atomic mass is 10.0. The van der Waals surface area contributed by atoms with E-state index in [0.717, 1.165) is 21.8 Å². The van der Waals surface area contributed by atoms with Crippen molar-refractivity contribution in [1.82, 2.24) is 20.2 Å². The molecule has 12 heteroatoms. The first kappa shape index (κ1) is 27.4. The van der Waals surface area contributed by atoms with Crippen LogP contribution < -0.4 is 10.1 Å². The average Bonchev–Trinajstić information content (AvgIpc) is 3.48. The number of carbonyl (C=O) groups is 3. The van der Waals surface area contributed by atoms with Crippen molar-refractivity contribution >= 4 is 41.3 Å². The number of amides is 2. The normalized spacial score (nSPS) is 17.9. The van der Waals surface area contributed by atoms with E-state index in [1.54, 1.807) is 49.8 Å². The van der Waals surface area contributed by atoms with E-state index < -0.39 is 29.2 Å². The molecule has 1 saturated heterocycles. The summed E-state index contributed by atoms with van der Waals surface area (Å²) in [5, 5.41) is 11.0. The van der Waals surface area contributed by atoms with Crippen molar-refractivity contribution in [3.05, 3.63) is 88.5 Å². The molecule has 2 atom stereocenters. The van der Waals surface area contributed by atoms with E-state index in [4.69, 9.17) is 14.7 Å². The molecular formula is C28H25N5O5S2. The van der Waals surface area contributed by atoms with Gasteiger partial charge >= 0.3 is 5.97 Å². The van der Waals surface area contributed by atoms with Crippen molar-refractivity contribution in [3.63, 3.8) is 0 Å². The van der Waals surface area contributed by atoms with Gasteiger partial charge in [-0.05, 0) is 35.4 Å². The largest absolute Gasteiger partial charge is 0.497 e. The number of thioether (sulfide) groups is 2. The number of nitrogens with zero attached hydrogens (tertiary/aromatic N) is 3. The Kier molecular flexibility index (Phi) is 8.42. The summed E-state index contributed by atoms with van der Waals surface area (Å²) in [4.78, 5) is 49.0. The van der Waals surface area contributed by atoms with Crippen LogP contribution in [0.1, 0.15) is 23.4 Å². The number of nitriles is 1. The van der Waals surface area contributed by atoms with Gasteiger partial charge in [0.25, 0.3) is 5.91 Å². The monoisotopic (exact) mass is 575 g/mol. The molecule has 0 bridgehead atoms. The van der Waals surface area contributed by atoms with E-state index in [9.17, 15) is 14.4 Å². The maximum atomic E-state index is 13.5. The number of hydrogen-bond donors (Lipinski definition) is 2. The number of carbonyl (C=O) groups excluding carboxylic acids is 3. The summed E-state index contributed by atoms with van der Waals surface area (Å²) in [6.45, 7) is 0.0189. The highest BCUT2D eigenvalue weighted by atomic mass is 32.2. The summed E-state index contributed by atoms with van der Waals surface area (Å²) in [6, 6.07) is 16.1. The number of aromatic nitrogens is 2. The number of H-pyrrole nitrogens is 1. The Morgan fingerprint density at radius 3 is 2.80 bits per heavy atom. The minimum Gasteiger partial charge on any atom is -0.497 e. The predicted molar refractivity (Wildman–Crippen MR) is 149 cm³/mol. The summed E-state index contributed by atoms with van der Waals surface area (Å²) in [6.07, 6.45) is 3.77. The molecule has 0 unspecified atom stereocenters. The van der Waals surface area contributed by atoms with Crippen molar-refractivity contribution in [2.75, 3.05) is 12.9 Å². The maximum Gasteiger partial charge on any atom is 0.356 e. The molecule has 3 aromatic rings. The molecule has 0 saturated carbocycles. The van der Waals surface area contributed by atoms with E-state index in [1.165, 1.54) is 28.4 Å². The topological polar surface area (TPSA) is 137 Å². The zero-order chi connectivity index (χ0) is 28.1. The summed E-state index contributed by atoms with van der Waals surface area (Å²) in [5.74, 6) is 0.417. The van der Waals surface area contributed by atoms with Gasteiger partial charge in [-0.15, -0.1) is 11.8 Å². The molecule has 0 radical (unpaired) electrons. The highest BCUT2D eigenvalue weighted by Crippen LogP contribution is 2.45. The van der Waals surface area contributed by atoms with E-state index in [-0.39, 0.29) is 18.7 Å². The third-order valence-corrected chi connectivity index (χ3v) is 8.81. The molecule has 2 aliphatic heterocycles. The molecule has 2 N–H and O–H groups in total.